The maximum Gasteiger partial charge on any atom is 0.165 e. The summed E-state index contributed by atoms with van der Waals surface area (Å²) in [5.41, 5.74) is 8.97. The number of halogens is 1. The Hall–Kier alpha value is -1.95. The number of nitrogens with two attached hydrogens (primary N) is 1. The lowest BCUT2D eigenvalue weighted by molar-refractivity contribution is 0.00290. The van der Waals surface area contributed by atoms with Crippen LogP contribution >= 0.6 is 0 Å². The second-order valence-electron chi connectivity index (χ2n) is 6.96. The minimum atomic E-state index is -0.736. The second-order valence-corrected chi connectivity index (χ2v) is 6.96. The molecule has 25 heavy (non-hydrogen) atoms. The highest BCUT2D eigenvalue weighted by Crippen LogP contribution is 2.32. The summed E-state index contributed by atoms with van der Waals surface area (Å²) in [6, 6.07) is 14.3. The van der Waals surface area contributed by atoms with Gasteiger partial charge in [-0.05, 0) is 29.7 Å². The monoisotopic (exact) mass is 342 g/mol. The largest absolute Gasteiger partial charge is 0.485 e. The van der Waals surface area contributed by atoms with Gasteiger partial charge in [-0.1, -0.05) is 36.4 Å². The number of para-hydroxylation sites is 1. The summed E-state index contributed by atoms with van der Waals surface area (Å²) in [5, 5.41) is 10.8. The first-order chi connectivity index (χ1) is 12.1. The van der Waals surface area contributed by atoms with E-state index in [-0.39, 0.29) is 17.8 Å². The minimum Gasteiger partial charge on any atom is -0.485 e. The van der Waals surface area contributed by atoms with Crippen LogP contribution in [0.2, 0.25) is 0 Å². The number of aliphatic hydroxyl groups is 1. The SMILES string of the molecule is N[C@@H]1C[C@@H](Oc2ccccc2F)[C@H](O)[C@H]1N1CCc2ccccc2C1. The molecule has 1 saturated carbocycles. The third-order valence-corrected chi connectivity index (χ3v) is 5.37. The van der Waals surface area contributed by atoms with Crippen molar-refractivity contribution in [1.82, 2.24) is 4.90 Å². The first-order valence-corrected chi connectivity index (χ1v) is 8.79. The lowest BCUT2D eigenvalue weighted by atomic mass is 9.97. The maximum atomic E-state index is 13.8. The van der Waals surface area contributed by atoms with Gasteiger partial charge >= 0.3 is 0 Å². The summed E-state index contributed by atoms with van der Waals surface area (Å²) in [6.07, 6.45) is 0.234. The van der Waals surface area contributed by atoms with E-state index in [1.165, 1.54) is 17.2 Å². The summed E-state index contributed by atoms with van der Waals surface area (Å²) in [5.74, 6) is -0.248. The summed E-state index contributed by atoms with van der Waals surface area (Å²) >= 11 is 0. The Balaban J connectivity index is 1.49. The number of ether oxygens (including phenoxy) is 1. The fraction of sp³-hybridized carbons (Fsp3) is 0.400. The number of hydrogen-bond donors (Lipinski definition) is 2. The van der Waals surface area contributed by atoms with Crippen molar-refractivity contribution in [2.75, 3.05) is 6.54 Å². The predicted molar refractivity (Wildman–Crippen MR) is 93.8 cm³/mol. The van der Waals surface area contributed by atoms with E-state index in [2.05, 4.69) is 23.1 Å². The first kappa shape index (κ1) is 16.5. The van der Waals surface area contributed by atoms with Crippen LogP contribution in [0.25, 0.3) is 0 Å². The van der Waals surface area contributed by atoms with Crippen LogP contribution in [0.5, 0.6) is 5.75 Å². The Morgan fingerprint density at radius 2 is 1.80 bits per heavy atom. The van der Waals surface area contributed by atoms with Crippen LogP contribution in [-0.4, -0.2) is 40.8 Å². The highest BCUT2D eigenvalue weighted by atomic mass is 19.1. The molecule has 1 heterocycles. The van der Waals surface area contributed by atoms with E-state index in [1.54, 1.807) is 18.2 Å². The number of aliphatic hydroxyl groups excluding tert-OH is 1. The van der Waals surface area contributed by atoms with E-state index in [0.717, 1.165) is 19.5 Å². The third kappa shape index (κ3) is 3.15. The quantitative estimate of drug-likeness (QED) is 0.897. The molecule has 1 aliphatic heterocycles. The smallest absolute Gasteiger partial charge is 0.165 e. The van der Waals surface area contributed by atoms with E-state index >= 15 is 0 Å². The van der Waals surface area contributed by atoms with Crippen LogP contribution < -0.4 is 10.5 Å². The molecule has 1 aliphatic carbocycles. The van der Waals surface area contributed by atoms with Crippen molar-refractivity contribution in [3.05, 3.63) is 65.5 Å². The van der Waals surface area contributed by atoms with E-state index in [4.69, 9.17) is 10.5 Å². The average molecular weight is 342 g/mol. The van der Waals surface area contributed by atoms with Crippen molar-refractivity contribution in [2.45, 2.75) is 43.7 Å². The van der Waals surface area contributed by atoms with Gasteiger partial charge in [0, 0.05) is 25.6 Å². The zero-order chi connectivity index (χ0) is 17.4. The highest BCUT2D eigenvalue weighted by Gasteiger charge is 2.45. The number of fused-ring (bicyclic) bond motifs is 1. The van der Waals surface area contributed by atoms with Crippen molar-refractivity contribution in [2.24, 2.45) is 5.73 Å². The van der Waals surface area contributed by atoms with E-state index < -0.39 is 18.0 Å². The number of hydrogen-bond acceptors (Lipinski definition) is 4. The molecule has 1 fully saturated rings. The molecule has 0 unspecified atom stereocenters. The van der Waals surface area contributed by atoms with Gasteiger partial charge in [0.2, 0.25) is 0 Å². The minimum absolute atomic E-state index is 0.170. The second kappa shape index (κ2) is 6.75. The van der Waals surface area contributed by atoms with E-state index in [9.17, 15) is 9.50 Å². The van der Waals surface area contributed by atoms with Crippen molar-refractivity contribution in [3.8, 4) is 5.75 Å². The van der Waals surface area contributed by atoms with Crippen molar-refractivity contribution in [3.63, 3.8) is 0 Å². The molecule has 4 rings (SSSR count). The summed E-state index contributed by atoms with van der Waals surface area (Å²) in [7, 11) is 0. The molecule has 3 N–H and O–H groups in total. The fourth-order valence-electron chi connectivity index (χ4n) is 4.10. The standard InChI is InChI=1S/C20H23FN2O2/c21-15-7-3-4-8-17(15)25-18-11-16(22)19(20(18)24)23-10-9-13-5-1-2-6-14(13)12-23/h1-8,16,18-20,24H,9-12,22H2/t16-,18-,19+,20+/m1/s1. The van der Waals surface area contributed by atoms with Gasteiger partial charge in [0.05, 0.1) is 6.04 Å². The molecule has 0 saturated heterocycles. The first-order valence-electron chi connectivity index (χ1n) is 8.79. The van der Waals surface area contributed by atoms with Crippen molar-refractivity contribution < 1.29 is 14.2 Å². The average Bonchev–Trinajstić information content (AvgIpc) is 2.90. The molecule has 2 aliphatic rings. The maximum absolute atomic E-state index is 13.8. The van der Waals surface area contributed by atoms with Gasteiger partial charge in [0.25, 0.3) is 0 Å². The number of nitrogens with zero attached hydrogens (tertiary/aromatic N) is 1. The van der Waals surface area contributed by atoms with Gasteiger partial charge in [-0.3, -0.25) is 4.90 Å². The lowest BCUT2D eigenvalue weighted by Crippen LogP contribution is -2.52. The number of benzene rings is 2. The third-order valence-electron chi connectivity index (χ3n) is 5.37. The Labute approximate surface area is 147 Å². The predicted octanol–water partition coefficient (Wildman–Crippen LogP) is 2.09. The van der Waals surface area contributed by atoms with Gasteiger partial charge in [0.15, 0.2) is 11.6 Å². The van der Waals surface area contributed by atoms with E-state index in [1.807, 2.05) is 6.07 Å². The molecular weight excluding hydrogens is 319 g/mol. The molecular formula is C20H23FN2O2. The summed E-state index contributed by atoms with van der Waals surface area (Å²) in [6.45, 7) is 1.64. The van der Waals surface area contributed by atoms with Crippen LogP contribution in [-0.2, 0) is 13.0 Å². The number of rotatable bonds is 3. The molecule has 132 valence electrons. The Morgan fingerprint density at radius 3 is 2.60 bits per heavy atom. The molecule has 0 amide bonds. The van der Waals surface area contributed by atoms with Gasteiger partial charge in [0.1, 0.15) is 12.2 Å². The molecule has 0 radical (unpaired) electrons. The lowest BCUT2D eigenvalue weighted by Gasteiger charge is -2.37. The van der Waals surface area contributed by atoms with Crippen LogP contribution in [0.15, 0.2) is 48.5 Å². The highest BCUT2D eigenvalue weighted by molar-refractivity contribution is 5.30. The topological polar surface area (TPSA) is 58.7 Å². The molecule has 0 bridgehead atoms. The molecule has 0 spiro atoms. The summed E-state index contributed by atoms with van der Waals surface area (Å²) in [4.78, 5) is 2.24. The van der Waals surface area contributed by atoms with Gasteiger partial charge < -0.3 is 15.6 Å². The van der Waals surface area contributed by atoms with Crippen LogP contribution in [0.3, 0.4) is 0 Å². The van der Waals surface area contributed by atoms with Crippen LogP contribution in [0.4, 0.5) is 4.39 Å². The fourth-order valence-corrected chi connectivity index (χ4v) is 4.10. The summed E-state index contributed by atoms with van der Waals surface area (Å²) < 4.78 is 19.6. The molecule has 2 aromatic rings. The zero-order valence-corrected chi connectivity index (χ0v) is 14.0. The van der Waals surface area contributed by atoms with Crippen molar-refractivity contribution in [1.29, 1.82) is 0 Å². The van der Waals surface area contributed by atoms with Crippen LogP contribution in [0.1, 0.15) is 17.5 Å². The Kier molecular flexibility index (Phi) is 4.46. The molecule has 2 aromatic carbocycles. The molecule has 0 aromatic heterocycles. The van der Waals surface area contributed by atoms with Gasteiger partial charge in [-0.25, -0.2) is 4.39 Å². The Bertz CT molecular complexity index is 754. The van der Waals surface area contributed by atoms with E-state index in [0.29, 0.717) is 6.42 Å². The van der Waals surface area contributed by atoms with Gasteiger partial charge in [-0.2, -0.15) is 0 Å². The molecule has 5 heteroatoms. The zero-order valence-electron chi connectivity index (χ0n) is 14.0. The van der Waals surface area contributed by atoms with Gasteiger partial charge in [-0.15, -0.1) is 0 Å². The van der Waals surface area contributed by atoms with Crippen LogP contribution in [0, 0.1) is 5.82 Å². The van der Waals surface area contributed by atoms with Crippen molar-refractivity contribution >= 4 is 0 Å². The molecule has 4 nitrogen and oxygen atoms in total. The molecule has 4 atom stereocenters. The Morgan fingerprint density at radius 1 is 1.08 bits per heavy atom. The normalized spacial score (nSPS) is 29.4.